The van der Waals surface area contributed by atoms with E-state index in [1.807, 2.05) is 30.3 Å². The van der Waals surface area contributed by atoms with Crippen LogP contribution in [-0.4, -0.2) is 21.7 Å². The summed E-state index contributed by atoms with van der Waals surface area (Å²) in [7, 11) is 0. The van der Waals surface area contributed by atoms with E-state index in [1.54, 1.807) is 36.9 Å². The Morgan fingerprint density at radius 3 is 2.50 bits per heavy atom. The van der Waals surface area contributed by atoms with Crippen molar-refractivity contribution < 1.29 is 10.0 Å². The Morgan fingerprint density at radius 1 is 1.14 bits per heavy atom. The Kier molecular flexibility index (Phi) is 3.59. The van der Waals surface area contributed by atoms with Crippen molar-refractivity contribution in [1.82, 2.24) is 4.90 Å². The van der Waals surface area contributed by atoms with Gasteiger partial charge >= 0.3 is 0 Å². The molecule has 1 N–H and O–H groups in total. The molecule has 0 atom stereocenters. The Hall–Kier alpha value is -2.04. The van der Waals surface area contributed by atoms with Gasteiger partial charge in [-0.25, -0.2) is 5.06 Å². The predicted molar refractivity (Wildman–Crippen MR) is 86.1 cm³/mol. The third kappa shape index (κ3) is 2.34. The first-order chi connectivity index (χ1) is 10.4. The van der Waals surface area contributed by atoms with Crippen LogP contribution in [0.5, 0.6) is 0 Å². The quantitative estimate of drug-likeness (QED) is 0.913. The van der Waals surface area contributed by atoms with Crippen LogP contribution in [0.1, 0.15) is 29.8 Å². The van der Waals surface area contributed by atoms with E-state index in [0.717, 1.165) is 10.6 Å². The van der Waals surface area contributed by atoms with E-state index in [9.17, 15) is 10.0 Å². The number of hydrogen-bond donors (Lipinski definition) is 1. The number of halogens is 1. The molecule has 1 aliphatic heterocycles. The fourth-order valence-corrected chi connectivity index (χ4v) is 2.86. The zero-order valence-corrected chi connectivity index (χ0v) is 13.2. The van der Waals surface area contributed by atoms with Crippen molar-refractivity contribution in [2.75, 3.05) is 5.06 Å². The van der Waals surface area contributed by atoms with Crippen molar-refractivity contribution in [3.05, 3.63) is 64.7 Å². The van der Waals surface area contributed by atoms with Gasteiger partial charge in [-0.2, -0.15) is 0 Å². The summed E-state index contributed by atoms with van der Waals surface area (Å²) in [4.78, 5) is 14.5. The van der Waals surface area contributed by atoms with E-state index in [2.05, 4.69) is 0 Å². The van der Waals surface area contributed by atoms with Gasteiger partial charge in [0.25, 0.3) is 5.91 Å². The molecule has 0 aromatic heterocycles. The summed E-state index contributed by atoms with van der Waals surface area (Å²) in [5.74, 6) is -0.120. The lowest BCUT2D eigenvalue weighted by molar-refractivity contribution is 0.0144. The van der Waals surface area contributed by atoms with Gasteiger partial charge in [-0.3, -0.25) is 10.0 Å². The van der Waals surface area contributed by atoms with Crippen LogP contribution in [0.4, 0.5) is 5.69 Å². The highest BCUT2D eigenvalue weighted by atomic mass is 35.5. The number of fused-ring (bicyclic) bond motifs is 1. The minimum atomic E-state index is -0.870. The molecule has 114 valence electrons. The zero-order chi connectivity index (χ0) is 15.9. The van der Waals surface area contributed by atoms with Crippen LogP contribution in [0.2, 0.25) is 5.02 Å². The summed E-state index contributed by atoms with van der Waals surface area (Å²) in [5, 5.41) is 12.2. The molecule has 4 nitrogen and oxygen atoms in total. The molecule has 1 heterocycles. The topological polar surface area (TPSA) is 43.8 Å². The van der Waals surface area contributed by atoms with Gasteiger partial charge in [0, 0.05) is 11.6 Å². The molecule has 0 bridgehead atoms. The number of hydrogen-bond acceptors (Lipinski definition) is 3. The Balaban J connectivity index is 2.04. The Labute approximate surface area is 134 Å². The molecule has 0 aliphatic carbocycles. The highest BCUT2D eigenvalue weighted by molar-refractivity contribution is 6.31. The van der Waals surface area contributed by atoms with Crippen molar-refractivity contribution in [3.8, 4) is 0 Å². The van der Waals surface area contributed by atoms with E-state index in [1.165, 1.54) is 0 Å². The maximum atomic E-state index is 12.8. The van der Waals surface area contributed by atoms with E-state index in [-0.39, 0.29) is 5.91 Å². The average Bonchev–Trinajstić information content (AvgIpc) is 2.51. The standard InChI is InChI=1S/C17H17ClN2O2/c1-17(2)19(11-12-6-4-3-5-7-12)16(21)14-9-8-13(18)10-15(14)20(17)22/h3-10,22H,11H2,1-2H3. The number of benzene rings is 2. The maximum Gasteiger partial charge on any atom is 0.258 e. The first-order valence-corrected chi connectivity index (χ1v) is 7.43. The molecule has 0 unspecified atom stereocenters. The SMILES string of the molecule is CC1(C)N(Cc2ccccc2)C(=O)c2ccc(Cl)cc2N1O. The molecule has 22 heavy (non-hydrogen) atoms. The molecule has 2 aromatic carbocycles. The molecular weight excluding hydrogens is 300 g/mol. The molecule has 5 heteroatoms. The van der Waals surface area contributed by atoms with Crippen molar-refractivity contribution in [2.24, 2.45) is 0 Å². The highest BCUT2D eigenvalue weighted by Gasteiger charge is 2.43. The van der Waals surface area contributed by atoms with Crippen LogP contribution < -0.4 is 5.06 Å². The predicted octanol–water partition coefficient (Wildman–Crippen LogP) is 3.93. The number of carbonyl (C=O) groups is 1. The second kappa shape index (κ2) is 5.30. The number of carbonyl (C=O) groups excluding carboxylic acids is 1. The van der Waals surface area contributed by atoms with E-state index >= 15 is 0 Å². The lowest BCUT2D eigenvalue weighted by Crippen LogP contribution is -2.61. The van der Waals surface area contributed by atoms with Crippen LogP contribution in [0, 0.1) is 0 Å². The first-order valence-electron chi connectivity index (χ1n) is 7.06. The van der Waals surface area contributed by atoms with Gasteiger partial charge in [0.2, 0.25) is 0 Å². The first kappa shape index (κ1) is 14.9. The van der Waals surface area contributed by atoms with Crippen molar-refractivity contribution in [1.29, 1.82) is 0 Å². The molecule has 0 radical (unpaired) electrons. The van der Waals surface area contributed by atoms with Gasteiger partial charge in [0.1, 0.15) is 5.66 Å². The van der Waals surface area contributed by atoms with Crippen molar-refractivity contribution >= 4 is 23.2 Å². The smallest absolute Gasteiger partial charge is 0.258 e. The summed E-state index contributed by atoms with van der Waals surface area (Å²) in [6.45, 7) is 4.03. The monoisotopic (exact) mass is 316 g/mol. The number of nitrogens with zero attached hydrogens (tertiary/aromatic N) is 2. The van der Waals surface area contributed by atoms with Crippen LogP contribution in [0.15, 0.2) is 48.5 Å². The fourth-order valence-electron chi connectivity index (χ4n) is 2.70. The van der Waals surface area contributed by atoms with Gasteiger partial charge in [-0.05, 0) is 37.6 Å². The van der Waals surface area contributed by atoms with Crippen LogP contribution in [-0.2, 0) is 6.54 Å². The number of hydroxylamine groups is 1. The number of amides is 1. The number of rotatable bonds is 2. The maximum absolute atomic E-state index is 12.8. The summed E-state index contributed by atoms with van der Waals surface area (Å²) in [6, 6.07) is 14.6. The molecule has 1 amide bonds. The molecule has 0 saturated heterocycles. The van der Waals surface area contributed by atoms with Gasteiger partial charge < -0.3 is 4.90 Å². The molecule has 0 fully saturated rings. The molecular formula is C17H17ClN2O2. The van der Waals surface area contributed by atoms with E-state index < -0.39 is 5.66 Å². The van der Waals surface area contributed by atoms with Crippen LogP contribution >= 0.6 is 11.6 Å². The molecule has 3 rings (SSSR count). The van der Waals surface area contributed by atoms with Crippen LogP contribution in [0.25, 0.3) is 0 Å². The molecule has 1 aliphatic rings. The average molecular weight is 317 g/mol. The summed E-state index contributed by atoms with van der Waals surface area (Å²) >= 11 is 5.99. The second-order valence-electron chi connectivity index (χ2n) is 5.84. The highest BCUT2D eigenvalue weighted by Crippen LogP contribution is 2.37. The fraction of sp³-hybridized carbons (Fsp3) is 0.235. The molecule has 2 aromatic rings. The lowest BCUT2D eigenvalue weighted by atomic mass is 10.0. The largest absolute Gasteiger partial charge is 0.309 e. The Bertz CT molecular complexity index is 716. The normalized spacial score (nSPS) is 16.6. The summed E-state index contributed by atoms with van der Waals surface area (Å²) < 4.78 is 0. The minimum absolute atomic E-state index is 0.120. The van der Waals surface area contributed by atoms with Crippen molar-refractivity contribution in [3.63, 3.8) is 0 Å². The zero-order valence-electron chi connectivity index (χ0n) is 12.5. The third-order valence-electron chi connectivity index (χ3n) is 4.03. The van der Waals surface area contributed by atoms with E-state index in [0.29, 0.717) is 22.8 Å². The van der Waals surface area contributed by atoms with Gasteiger partial charge in [-0.1, -0.05) is 41.9 Å². The lowest BCUT2D eigenvalue weighted by Gasteiger charge is -2.48. The van der Waals surface area contributed by atoms with Gasteiger partial charge in [0.05, 0.1) is 11.3 Å². The third-order valence-corrected chi connectivity index (χ3v) is 4.26. The minimum Gasteiger partial charge on any atom is -0.309 e. The second-order valence-corrected chi connectivity index (χ2v) is 6.28. The van der Waals surface area contributed by atoms with Crippen molar-refractivity contribution in [2.45, 2.75) is 26.1 Å². The van der Waals surface area contributed by atoms with Gasteiger partial charge in [-0.15, -0.1) is 0 Å². The van der Waals surface area contributed by atoms with Crippen LogP contribution in [0.3, 0.4) is 0 Å². The van der Waals surface area contributed by atoms with E-state index in [4.69, 9.17) is 11.6 Å². The summed E-state index contributed by atoms with van der Waals surface area (Å²) in [5.41, 5.74) is 1.02. The van der Waals surface area contributed by atoms with Gasteiger partial charge in [0.15, 0.2) is 0 Å². The molecule has 0 spiro atoms. The molecule has 0 saturated carbocycles. The Morgan fingerprint density at radius 2 is 1.82 bits per heavy atom. The summed E-state index contributed by atoms with van der Waals surface area (Å²) in [6.07, 6.45) is 0. The number of anilines is 1.